The number of esters is 1. The topological polar surface area (TPSA) is 26.3 Å². The first kappa shape index (κ1) is 16.2. The molecule has 2 rings (SSSR count). The van der Waals surface area contributed by atoms with E-state index in [1.165, 1.54) is 0 Å². The van der Waals surface area contributed by atoms with Crippen molar-refractivity contribution in [2.75, 3.05) is 19.4 Å². The van der Waals surface area contributed by atoms with Gasteiger partial charge in [0.25, 0.3) is 0 Å². The van der Waals surface area contributed by atoms with Gasteiger partial charge in [0.1, 0.15) is 0 Å². The second kappa shape index (κ2) is 6.29. The van der Waals surface area contributed by atoms with Crippen LogP contribution in [0, 0.1) is 0 Å². The van der Waals surface area contributed by atoms with Gasteiger partial charge in [-0.1, -0.05) is 0 Å². The van der Waals surface area contributed by atoms with Gasteiger partial charge in [0.05, 0.1) is 0 Å². The number of hydrogen-bond acceptors (Lipinski definition) is 2. The van der Waals surface area contributed by atoms with E-state index in [-0.39, 0.29) is 5.97 Å². The van der Waals surface area contributed by atoms with Crippen LogP contribution >= 0.6 is 20.8 Å². The second-order valence-corrected chi connectivity index (χ2v) is 15.7. The molecule has 0 spiro atoms. The standard InChI is InChI=1S/C17H20BrO2P/c1-3-20-17(19)14-21(2,18,15-10-6-4-7-11-15)16-12-8-5-9-13-16/h4-13H,3,14H2,1-2H3. The summed E-state index contributed by atoms with van der Waals surface area (Å²) in [6.07, 6.45) is 0.355. The Morgan fingerprint density at radius 3 is 1.81 bits per heavy atom. The Kier molecular flexibility index (Phi) is 4.85. The van der Waals surface area contributed by atoms with Crippen LogP contribution in [0.15, 0.2) is 60.7 Å². The maximum atomic E-state index is 12.2. The summed E-state index contributed by atoms with van der Waals surface area (Å²) in [7, 11) is 0. The number of benzene rings is 2. The van der Waals surface area contributed by atoms with E-state index in [1.54, 1.807) is 0 Å². The fourth-order valence-electron chi connectivity index (χ4n) is 2.47. The summed E-state index contributed by atoms with van der Waals surface area (Å²) < 4.78 is 5.21. The van der Waals surface area contributed by atoms with Crippen LogP contribution < -0.4 is 10.6 Å². The number of halogens is 1. The van der Waals surface area contributed by atoms with E-state index in [0.29, 0.717) is 12.8 Å². The molecule has 21 heavy (non-hydrogen) atoms. The normalized spacial score (nSPS) is 13.2. The van der Waals surface area contributed by atoms with Gasteiger partial charge in [0.15, 0.2) is 0 Å². The van der Waals surface area contributed by atoms with Crippen LogP contribution in [0.1, 0.15) is 6.92 Å². The van der Waals surface area contributed by atoms with Crippen LogP contribution in [-0.2, 0) is 9.53 Å². The molecule has 0 radical (unpaired) electrons. The molecular weight excluding hydrogens is 347 g/mol. The third-order valence-electron chi connectivity index (χ3n) is 3.66. The van der Waals surface area contributed by atoms with E-state index in [4.69, 9.17) is 4.74 Å². The number of hydrogen-bond donors (Lipinski definition) is 0. The molecule has 0 aliphatic rings. The van der Waals surface area contributed by atoms with Gasteiger partial charge in [0.2, 0.25) is 0 Å². The first-order valence-electron chi connectivity index (χ1n) is 6.96. The Balaban J connectivity index is 2.56. The zero-order valence-electron chi connectivity index (χ0n) is 12.3. The Morgan fingerprint density at radius 1 is 1.00 bits per heavy atom. The Morgan fingerprint density at radius 2 is 1.43 bits per heavy atom. The van der Waals surface area contributed by atoms with Gasteiger partial charge in [-0.05, 0) is 0 Å². The molecular formula is C17H20BrO2P. The van der Waals surface area contributed by atoms with Crippen LogP contribution in [0.4, 0.5) is 0 Å². The molecule has 0 aromatic heterocycles. The predicted molar refractivity (Wildman–Crippen MR) is 95.4 cm³/mol. The first-order valence-corrected chi connectivity index (χ1v) is 11.8. The predicted octanol–water partition coefficient (Wildman–Crippen LogP) is 3.69. The zero-order chi connectivity index (χ0) is 15.4. The van der Waals surface area contributed by atoms with Crippen molar-refractivity contribution in [1.82, 2.24) is 0 Å². The molecule has 2 aromatic carbocycles. The number of ether oxygens (including phenoxy) is 1. The van der Waals surface area contributed by atoms with Gasteiger partial charge in [0, 0.05) is 0 Å². The van der Waals surface area contributed by atoms with E-state index in [9.17, 15) is 4.79 Å². The van der Waals surface area contributed by atoms with E-state index in [0.717, 1.165) is 10.6 Å². The summed E-state index contributed by atoms with van der Waals surface area (Å²) in [5.74, 6) is -0.165. The second-order valence-electron chi connectivity index (χ2n) is 5.28. The van der Waals surface area contributed by atoms with Crippen LogP contribution in [0.3, 0.4) is 0 Å². The quantitative estimate of drug-likeness (QED) is 0.595. The minimum absolute atomic E-state index is 0.165. The molecule has 0 aliphatic heterocycles. The van der Waals surface area contributed by atoms with Gasteiger partial charge in [-0.2, -0.15) is 0 Å². The first-order chi connectivity index (χ1) is 9.96. The van der Waals surface area contributed by atoms with Crippen LogP contribution in [-0.4, -0.2) is 25.4 Å². The Labute approximate surface area is 134 Å². The Bertz CT molecular complexity index is 568. The molecule has 0 N–H and O–H groups in total. The van der Waals surface area contributed by atoms with Crippen molar-refractivity contribution in [3.05, 3.63) is 60.7 Å². The Hall–Kier alpha value is -1.18. The van der Waals surface area contributed by atoms with Gasteiger partial charge in [-0.15, -0.1) is 0 Å². The third kappa shape index (κ3) is 3.36. The molecule has 2 nitrogen and oxygen atoms in total. The molecule has 0 saturated carbocycles. The molecule has 0 atom stereocenters. The molecule has 0 unspecified atom stereocenters. The SMILES string of the molecule is CCOC(=O)CP(C)(Br)(c1ccccc1)c1ccccc1. The van der Waals surface area contributed by atoms with Crippen molar-refractivity contribution in [2.45, 2.75) is 6.92 Å². The van der Waals surface area contributed by atoms with E-state index in [1.807, 2.05) is 43.3 Å². The minimum atomic E-state index is -2.76. The van der Waals surface area contributed by atoms with Crippen molar-refractivity contribution in [1.29, 1.82) is 0 Å². The van der Waals surface area contributed by atoms with Crippen molar-refractivity contribution >= 4 is 37.4 Å². The monoisotopic (exact) mass is 366 g/mol. The van der Waals surface area contributed by atoms with Crippen molar-refractivity contribution < 1.29 is 9.53 Å². The molecule has 0 bridgehead atoms. The maximum absolute atomic E-state index is 12.2. The van der Waals surface area contributed by atoms with E-state index < -0.39 is 5.31 Å². The molecule has 0 heterocycles. The summed E-state index contributed by atoms with van der Waals surface area (Å²) in [5.41, 5.74) is 0. The van der Waals surface area contributed by atoms with Crippen LogP contribution in [0.25, 0.3) is 0 Å². The summed E-state index contributed by atoms with van der Waals surface area (Å²) in [6, 6.07) is 20.3. The molecule has 0 saturated heterocycles. The van der Waals surface area contributed by atoms with Crippen molar-refractivity contribution in [3.63, 3.8) is 0 Å². The van der Waals surface area contributed by atoms with Crippen molar-refractivity contribution in [2.24, 2.45) is 0 Å². The number of carbonyl (C=O) groups is 1. The molecule has 0 aliphatic carbocycles. The molecule has 0 fully saturated rings. The third-order valence-corrected chi connectivity index (χ3v) is 11.1. The fraction of sp³-hybridized carbons (Fsp3) is 0.235. The summed E-state index contributed by atoms with van der Waals surface area (Å²) in [6.45, 7) is 4.40. The van der Waals surface area contributed by atoms with E-state index in [2.05, 4.69) is 46.4 Å². The van der Waals surface area contributed by atoms with Crippen LogP contribution in [0.2, 0.25) is 0 Å². The molecule has 2 aromatic rings. The summed E-state index contributed by atoms with van der Waals surface area (Å²) >= 11 is 4.01. The van der Waals surface area contributed by atoms with Gasteiger partial charge < -0.3 is 0 Å². The number of carbonyl (C=O) groups excluding carboxylic acids is 1. The molecule has 0 amide bonds. The number of rotatable bonds is 5. The molecule has 4 heteroatoms. The fourth-order valence-corrected chi connectivity index (χ4v) is 7.76. The van der Waals surface area contributed by atoms with Crippen LogP contribution in [0.5, 0.6) is 0 Å². The van der Waals surface area contributed by atoms with Crippen molar-refractivity contribution in [3.8, 4) is 0 Å². The molecule has 112 valence electrons. The average Bonchev–Trinajstić information content (AvgIpc) is 2.49. The summed E-state index contributed by atoms with van der Waals surface area (Å²) in [5, 5.41) is -0.446. The summed E-state index contributed by atoms with van der Waals surface area (Å²) in [4.78, 5) is 12.2. The zero-order valence-corrected chi connectivity index (χ0v) is 14.8. The van der Waals surface area contributed by atoms with Gasteiger partial charge in [-0.3, -0.25) is 0 Å². The van der Waals surface area contributed by atoms with Gasteiger partial charge >= 0.3 is 134 Å². The van der Waals surface area contributed by atoms with Gasteiger partial charge in [-0.25, -0.2) is 0 Å². The van der Waals surface area contributed by atoms with E-state index >= 15 is 0 Å². The average molecular weight is 367 g/mol.